The van der Waals surface area contributed by atoms with E-state index in [0.29, 0.717) is 16.8 Å². The summed E-state index contributed by atoms with van der Waals surface area (Å²) in [7, 11) is -3.79. The monoisotopic (exact) mass is 429 g/mol. The minimum Gasteiger partial charge on any atom is -0.478 e. The van der Waals surface area contributed by atoms with Gasteiger partial charge in [0.2, 0.25) is 0 Å². The van der Waals surface area contributed by atoms with Crippen LogP contribution < -0.4 is 4.72 Å². The number of aromatic carboxylic acids is 1. The highest BCUT2D eigenvalue weighted by Gasteiger charge is 2.16. The average Bonchev–Trinajstić information content (AvgIpc) is 2.78. The van der Waals surface area contributed by atoms with Gasteiger partial charge in [-0.1, -0.05) is 72.8 Å². The van der Waals surface area contributed by atoms with E-state index in [-0.39, 0.29) is 10.5 Å². The minimum atomic E-state index is -3.79. The van der Waals surface area contributed by atoms with Crippen LogP contribution in [-0.2, 0) is 10.0 Å². The summed E-state index contributed by atoms with van der Waals surface area (Å²) in [5, 5.41) is 11.0. The van der Waals surface area contributed by atoms with Gasteiger partial charge in [-0.2, -0.15) is 0 Å². The molecule has 0 saturated carbocycles. The van der Waals surface area contributed by atoms with Crippen molar-refractivity contribution >= 4 is 44.6 Å². The second-order valence-electron chi connectivity index (χ2n) is 6.97. The van der Waals surface area contributed by atoms with Crippen molar-refractivity contribution < 1.29 is 18.3 Å². The lowest BCUT2D eigenvalue weighted by Gasteiger charge is -2.11. The molecule has 0 aromatic heterocycles. The van der Waals surface area contributed by atoms with E-state index in [9.17, 15) is 13.2 Å². The summed E-state index contributed by atoms with van der Waals surface area (Å²) in [5.74, 6) is -1.00. The van der Waals surface area contributed by atoms with Crippen molar-refractivity contribution in [2.75, 3.05) is 4.72 Å². The fraction of sp³-hybridized carbons (Fsp3) is 0. The second-order valence-corrected chi connectivity index (χ2v) is 8.65. The zero-order chi connectivity index (χ0) is 21.8. The second kappa shape index (κ2) is 8.45. The Labute approximate surface area is 180 Å². The van der Waals surface area contributed by atoms with Gasteiger partial charge in [0, 0.05) is 0 Å². The predicted octanol–water partition coefficient (Wildman–Crippen LogP) is 5.51. The first-order chi connectivity index (χ1) is 14.9. The standard InChI is InChI=1S/C25H19NO4S/c27-25(28)22-10-5-6-18(16-22)12-13-20-8-3-4-11-24(20)26-31(29,30)23-15-14-19-7-1-2-9-21(19)17-23/h1-17,26H,(H,27,28)/b13-12+. The molecule has 4 aromatic rings. The summed E-state index contributed by atoms with van der Waals surface area (Å²) in [5.41, 5.74) is 1.98. The maximum absolute atomic E-state index is 13.0. The molecular weight excluding hydrogens is 410 g/mol. The Morgan fingerprint density at radius 1 is 0.774 bits per heavy atom. The zero-order valence-electron chi connectivity index (χ0n) is 16.4. The van der Waals surface area contributed by atoms with Gasteiger partial charge in [-0.3, -0.25) is 4.72 Å². The van der Waals surface area contributed by atoms with Crippen LogP contribution in [0.2, 0.25) is 0 Å². The largest absolute Gasteiger partial charge is 0.478 e. The molecule has 0 bridgehead atoms. The lowest BCUT2D eigenvalue weighted by atomic mass is 10.1. The topological polar surface area (TPSA) is 83.5 Å². The van der Waals surface area contributed by atoms with E-state index in [4.69, 9.17) is 5.11 Å². The molecule has 31 heavy (non-hydrogen) atoms. The van der Waals surface area contributed by atoms with Crippen LogP contribution in [0.3, 0.4) is 0 Å². The average molecular weight is 429 g/mol. The Bertz CT molecular complexity index is 1410. The maximum atomic E-state index is 13.0. The Morgan fingerprint density at radius 3 is 2.32 bits per heavy atom. The van der Waals surface area contributed by atoms with E-state index in [1.807, 2.05) is 24.3 Å². The molecule has 5 nitrogen and oxygen atoms in total. The summed E-state index contributed by atoms with van der Waals surface area (Å²) in [6.07, 6.45) is 3.49. The van der Waals surface area contributed by atoms with E-state index in [1.54, 1.807) is 72.8 Å². The van der Waals surface area contributed by atoms with Gasteiger partial charge in [0.15, 0.2) is 0 Å². The Balaban J connectivity index is 1.63. The van der Waals surface area contributed by atoms with Crippen LogP contribution in [-0.4, -0.2) is 19.5 Å². The van der Waals surface area contributed by atoms with Crippen molar-refractivity contribution in [2.45, 2.75) is 4.90 Å². The molecule has 0 fully saturated rings. The van der Waals surface area contributed by atoms with Gasteiger partial charge in [0.1, 0.15) is 0 Å². The predicted molar refractivity (Wildman–Crippen MR) is 124 cm³/mol. The zero-order valence-corrected chi connectivity index (χ0v) is 17.2. The third-order valence-electron chi connectivity index (χ3n) is 4.83. The first-order valence-electron chi connectivity index (χ1n) is 9.54. The highest BCUT2D eigenvalue weighted by molar-refractivity contribution is 7.92. The number of carboxylic acid groups (broad SMARTS) is 1. The van der Waals surface area contributed by atoms with Gasteiger partial charge < -0.3 is 5.11 Å². The van der Waals surface area contributed by atoms with Crippen LogP contribution in [0.15, 0.2) is 95.9 Å². The van der Waals surface area contributed by atoms with E-state index < -0.39 is 16.0 Å². The number of sulfonamides is 1. The normalized spacial score (nSPS) is 11.6. The molecule has 0 heterocycles. The summed E-state index contributed by atoms with van der Waals surface area (Å²) in [6.45, 7) is 0. The molecule has 154 valence electrons. The number of rotatable bonds is 6. The van der Waals surface area contributed by atoms with Gasteiger partial charge >= 0.3 is 5.97 Å². The molecule has 4 rings (SSSR count). The van der Waals surface area contributed by atoms with Crippen LogP contribution in [0.5, 0.6) is 0 Å². The number of para-hydroxylation sites is 1. The van der Waals surface area contributed by atoms with Crippen LogP contribution in [0, 0.1) is 0 Å². The molecular formula is C25H19NO4S. The van der Waals surface area contributed by atoms with Crippen LogP contribution in [0.4, 0.5) is 5.69 Å². The number of hydrogen-bond donors (Lipinski definition) is 2. The van der Waals surface area contributed by atoms with Crippen molar-refractivity contribution in [3.8, 4) is 0 Å². The molecule has 4 aromatic carbocycles. The van der Waals surface area contributed by atoms with Gasteiger partial charge in [-0.15, -0.1) is 0 Å². The van der Waals surface area contributed by atoms with Crippen molar-refractivity contribution in [3.05, 3.63) is 108 Å². The SMILES string of the molecule is O=C(O)c1cccc(/C=C/c2ccccc2NS(=O)(=O)c2ccc3ccccc3c2)c1. The number of anilines is 1. The first kappa shape index (κ1) is 20.4. The van der Waals surface area contributed by atoms with Crippen molar-refractivity contribution in [2.24, 2.45) is 0 Å². The lowest BCUT2D eigenvalue weighted by molar-refractivity contribution is 0.0697. The van der Waals surface area contributed by atoms with Gasteiger partial charge in [0.25, 0.3) is 10.0 Å². The number of fused-ring (bicyclic) bond motifs is 1. The summed E-state index contributed by atoms with van der Waals surface area (Å²) in [4.78, 5) is 11.3. The number of nitrogens with one attached hydrogen (secondary N) is 1. The number of hydrogen-bond acceptors (Lipinski definition) is 3. The van der Waals surface area contributed by atoms with Crippen LogP contribution in [0.1, 0.15) is 21.5 Å². The fourth-order valence-corrected chi connectivity index (χ4v) is 4.36. The first-order valence-corrected chi connectivity index (χ1v) is 11.0. The number of benzene rings is 4. The van der Waals surface area contributed by atoms with E-state index >= 15 is 0 Å². The van der Waals surface area contributed by atoms with Gasteiger partial charge in [-0.05, 0) is 52.2 Å². The summed E-state index contributed by atoms with van der Waals surface area (Å²) >= 11 is 0. The number of carbonyl (C=O) groups is 1. The Hall–Kier alpha value is -3.90. The molecule has 2 N–H and O–H groups in total. The van der Waals surface area contributed by atoms with Crippen molar-refractivity contribution in [1.82, 2.24) is 0 Å². The van der Waals surface area contributed by atoms with E-state index in [0.717, 1.165) is 10.8 Å². The third kappa shape index (κ3) is 4.65. The minimum absolute atomic E-state index is 0.180. The highest BCUT2D eigenvalue weighted by atomic mass is 32.2. The molecule has 0 spiro atoms. The smallest absolute Gasteiger partial charge is 0.335 e. The van der Waals surface area contributed by atoms with Gasteiger partial charge in [0.05, 0.1) is 16.1 Å². The van der Waals surface area contributed by atoms with Crippen LogP contribution >= 0.6 is 0 Å². The highest BCUT2D eigenvalue weighted by Crippen LogP contribution is 2.24. The van der Waals surface area contributed by atoms with Crippen molar-refractivity contribution in [1.29, 1.82) is 0 Å². The molecule has 0 radical (unpaired) electrons. The van der Waals surface area contributed by atoms with E-state index in [2.05, 4.69) is 4.72 Å². The summed E-state index contributed by atoms with van der Waals surface area (Å²) in [6, 6.07) is 26.1. The van der Waals surface area contributed by atoms with Gasteiger partial charge in [-0.25, -0.2) is 13.2 Å². The maximum Gasteiger partial charge on any atom is 0.335 e. The quantitative estimate of drug-likeness (QED) is 0.396. The molecule has 0 aliphatic carbocycles. The Morgan fingerprint density at radius 2 is 1.52 bits per heavy atom. The third-order valence-corrected chi connectivity index (χ3v) is 6.19. The molecule has 6 heteroatoms. The van der Waals surface area contributed by atoms with E-state index in [1.165, 1.54) is 6.07 Å². The fourth-order valence-electron chi connectivity index (χ4n) is 3.23. The molecule has 0 aliphatic rings. The van der Waals surface area contributed by atoms with Crippen molar-refractivity contribution in [3.63, 3.8) is 0 Å². The Kier molecular flexibility index (Phi) is 5.56. The van der Waals surface area contributed by atoms with Crippen LogP contribution in [0.25, 0.3) is 22.9 Å². The summed E-state index contributed by atoms with van der Waals surface area (Å²) < 4.78 is 28.6. The lowest BCUT2D eigenvalue weighted by Crippen LogP contribution is -2.13. The molecule has 0 aliphatic heterocycles. The molecule has 0 saturated heterocycles. The molecule has 0 unspecified atom stereocenters. The molecule has 0 atom stereocenters. The number of carboxylic acids is 1. The molecule has 0 amide bonds.